The van der Waals surface area contributed by atoms with E-state index in [0.29, 0.717) is 22.0 Å². The largest absolute Gasteiger partial charge is 0.341 e. The number of likely N-dealkylation sites (tertiary alicyclic amines) is 1. The van der Waals surface area contributed by atoms with Crippen LogP contribution in [0.15, 0.2) is 12.3 Å². The van der Waals surface area contributed by atoms with Crippen LogP contribution in [0.3, 0.4) is 0 Å². The molecule has 7 heteroatoms. The molecule has 20 heavy (non-hydrogen) atoms. The molecular weight excluding hydrogens is 299 g/mol. The topological polar surface area (TPSA) is 51.0 Å². The molecule has 5 nitrogen and oxygen atoms in total. The van der Waals surface area contributed by atoms with Gasteiger partial charge in [-0.15, -0.1) is 11.6 Å². The zero-order valence-electron chi connectivity index (χ0n) is 10.9. The Balaban J connectivity index is 1.94. The standard InChI is InChI=1S/C13H14Cl2N4O/c14-6-11-17-10-5-9(15)7-16-13(10)19(11)8-12(20)18-3-1-2-4-18/h5,7H,1-4,6,8H2. The van der Waals surface area contributed by atoms with Crippen LogP contribution in [0, 0.1) is 0 Å². The maximum absolute atomic E-state index is 12.3. The quantitative estimate of drug-likeness (QED) is 0.818. The number of hydrogen-bond acceptors (Lipinski definition) is 3. The maximum atomic E-state index is 12.3. The predicted molar refractivity (Wildman–Crippen MR) is 77.9 cm³/mol. The zero-order chi connectivity index (χ0) is 14.1. The number of alkyl halides is 1. The summed E-state index contributed by atoms with van der Waals surface area (Å²) in [6, 6.07) is 1.73. The SMILES string of the molecule is O=C(Cn1c(CCl)nc2cc(Cl)cnc21)N1CCCC1. The monoisotopic (exact) mass is 312 g/mol. The number of imidazole rings is 1. The van der Waals surface area contributed by atoms with Crippen LogP contribution in [0.2, 0.25) is 5.02 Å². The number of fused-ring (bicyclic) bond motifs is 1. The first-order valence-electron chi connectivity index (χ1n) is 6.53. The molecule has 0 unspecified atom stereocenters. The van der Waals surface area contributed by atoms with Crippen LogP contribution in [0.1, 0.15) is 18.7 Å². The number of rotatable bonds is 3. The van der Waals surface area contributed by atoms with Gasteiger partial charge in [-0.1, -0.05) is 11.6 Å². The predicted octanol–water partition coefficient (Wildman–Crippen LogP) is 2.45. The summed E-state index contributed by atoms with van der Waals surface area (Å²) in [6.45, 7) is 1.90. The summed E-state index contributed by atoms with van der Waals surface area (Å²) in [5.74, 6) is 0.968. The van der Waals surface area contributed by atoms with Crippen molar-refractivity contribution in [3.05, 3.63) is 23.1 Å². The summed E-state index contributed by atoms with van der Waals surface area (Å²) < 4.78 is 1.78. The third-order valence-corrected chi connectivity index (χ3v) is 3.95. The minimum atomic E-state index is 0.0879. The minimum Gasteiger partial charge on any atom is -0.341 e. The number of pyridine rings is 1. The molecule has 3 rings (SSSR count). The number of aromatic nitrogens is 3. The van der Waals surface area contributed by atoms with E-state index in [2.05, 4.69) is 9.97 Å². The van der Waals surface area contributed by atoms with Gasteiger partial charge in [-0.05, 0) is 18.9 Å². The molecule has 2 aromatic rings. The highest BCUT2D eigenvalue weighted by Crippen LogP contribution is 2.20. The van der Waals surface area contributed by atoms with Crippen molar-refractivity contribution in [2.24, 2.45) is 0 Å². The van der Waals surface area contributed by atoms with E-state index in [1.54, 1.807) is 16.8 Å². The van der Waals surface area contributed by atoms with Crippen LogP contribution in [-0.4, -0.2) is 38.4 Å². The number of halogens is 2. The molecule has 0 aromatic carbocycles. The molecule has 2 aromatic heterocycles. The van der Waals surface area contributed by atoms with E-state index in [-0.39, 0.29) is 18.3 Å². The number of nitrogens with zero attached hydrogens (tertiary/aromatic N) is 4. The first-order valence-corrected chi connectivity index (χ1v) is 7.44. The molecule has 0 atom stereocenters. The van der Waals surface area contributed by atoms with E-state index in [1.165, 1.54) is 0 Å². The fourth-order valence-electron chi connectivity index (χ4n) is 2.50. The Hall–Kier alpha value is -1.33. The van der Waals surface area contributed by atoms with Gasteiger partial charge >= 0.3 is 0 Å². The van der Waals surface area contributed by atoms with Crippen LogP contribution < -0.4 is 0 Å². The average Bonchev–Trinajstić information content (AvgIpc) is 3.06. The Bertz CT molecular complexity index is 649. The average molecular weight is 313 g/mol. The van der Waals surface area contributed by atoms with Gasteiger partial charge in [0.15, 0.2) is 5.65 Å². The highest BCUT2D eigenvalue weighted by molar-refractivity contribution is 6.31. The fraction of sp³-hybridized carbons (Fsp3) is 0.462. The van der Waals surface area contributed by atoms with Crippen LogP contribution in [0.25, 0.3) is 11.2 Å². The molecule has 1 amide bonds. The minimum absolute atomic E-state index is 0.0879. The maximum Gasteiger partial charge on any atom is 0.242 e. The summed E-state index contributed by atoms with van der Waals surface area (Å²) in [7, 11) is 0. The van der Waals surface area contributed by atoms with Gasteiger partial charge in [0.2, 0.25) is 5.91 Å². The van der Waals surface area contributed by atoms with E-state index in [0.717, 1.165) is 25.9 Å². The van der Waals surface area contributed by atoms with Crippen LogP contribution in [0.5, 0.6) is 0 Å². The Kier molecular flexibility index (Phi) is 3.81. The summed E-state index contributed by atoms with van der Waals surface area (Å²) in [5, 5.41) is 0.522. The van der Waals surface area contributed by atoms with E-state index in [1.807, 2.05) is 4.90 Å². The third-order valence-electron chi connectivity index (χ3n) is 3.50. The Morgan fingerprint density at radius 2 is 2.10 bits per heavy atom. The number of carbonyl (C=O) groups excluding carboxylic acids is 1. The number of hydrogen-bond donors (Lipinski definition) is 0. The summed E-state index contributed by atoms with van der Waals surface area (Å²) in [4.78, 5) is 22.8. The lowest BCUT2D eigenvalue weighted by atomic mass is 10.4. The molecular formula is C13H14Cl2N4O. The second-order valence-corrected chi connectivity index (χ2v) is 5.54. The molecule has 0 spiro atoms. The smallest absolute Gasteiger partial charge is 0.242 e. The Morgan fingerprint density at radius 1 is 1.35 bits per heavy atom. The molecule has 0 aliphatic carbocycles. The van der Waals surface area contributed by atoms with Crippen LogP contribution in [-0.2, 0) is 17.2 Å². The van der Waals surface area contributed by atoms with Crippen molar-refractivity contribution in [1.29, 1.82) is 0 Å². The van der Waals surface area contributed by atoms with Crippen molar-refractivity contribution in [3.63, 3.8) is 0 Å². The van der Waals surface area contributed by atoms with E-state index in [4.69, 9.17) is 23.2 Å². The molecule has 1 aliphatic rings. The molecule has 0 radical (unpaired) electrons. The van der Waals surface area contributed by atoms with Crippen LogP contribution >= 0.6 is 23.2 Å². The molecule has 1 aliphatic heterocycles. The van der Waals surface area contributed by atoms with E-state index in [9.17, 15) is 4.79 Å². The van der Waals surface area contributed by atoms with Gasteiger partial charge in [0.1, 0.15) is 17.9 Å². The molecule has 1 saturated heterocycles. The van der Waals surface area contributed by atoms with Crippen molar-refractivity contribution >= 4 is 40.3 Å². The van der Waals surface area contributed by atoms with Gasteiger partial charge < -0.3 is 9.47 Å². The zero-order valence-corrected chi connectivity index (χ0v) is 12.4. The van der Waals surface area contributed by atoms with Gasteiger partial charge in [-0.2, -0.15) is 0 Å². The van der Waals surface area contributed by atoms with Crippen molar-refractivity contribution in [2.75, 3.05) is 13.1 Å². The first kappa shape index (κ1) is 13.6. The molecule has 1 fully saturated rings. The van der Waals surface area contributed by atoms with Gasteiger partial charge in [0, 0.05) is 19.3 Å². The fourth-order valence-corrected chi connectivity index (χ4v) is 2.86. The van der Waals surface area contributed by atoms with Crippen molar-refractivity contribution < 1.29 is 4.79 Å². The Morgan fingerprint density at radius 3 is 2.80 bits per heavy atom. The lowest BCUT2D eigenvalue weighted by molar-refractivity contribution is -0.130. The Labute approximate surface area is 126 Å². The van der Waals surface area contributed by atoms with Gasteiger partial charge in [0.05, 0.1) is 10.9 Å². The molecule has 0 bridgehead atoms. The normalized spacial score (nSPS) is 15.2. The lowest BCUT2D eigenvalue weighted by Crippen LogP contribution is -2.31. The highest BCUT2D eigenvalue weighted by Gasteiger charge is 2.21. The van der Waals surface area contributed by atoms with Gasteiger partial charge in [-0.3, -0.25) is 4.79 Å². The van der Waals surface area contributed by atoms with Crippen LogP contribution in [0.4, 0.5) is 0 Å². The third kappa shape index (κ3) is 2.47. The summed E-state index contributed by atoms with van der Waals surface area (Å²) >= 11 is 11.8. The summed E-state index contributed by atoms with van der Waals surface area (Å²) in [6.07, 6.45) is 3.71. The first-order chi connectivity index (χ1) is 9.69. The molecule has 3 heterocycles. The van der Waals surface area contributed by atoms with Crippen molar-refractivity contribution in [3.8, 4) is 0 Å². The second-order valence-electron chi connectivity index (χ2n) is 4.83. The second kappa shape index (κ2) is 5.58. The highest BCUT2D eigenvalue weighted by atomic mass is 35.5. The summed E-state index contributed by atoms with van der Waals surface area (Å²) in [5.41, 5.74) is 1.32. The van der Waals surface area contributed by atoms with Gasteiger partial charge in [0.25, 0.3) is 0 Å². The number of carbonyl (C=O) groups is 1. The lowest BCUT2D eigenvalue weighted by Gasteiger charge is -2.16. The van der Waals surface area contributed by atoms with E-state index < -0.39 is 0 Å². The van der Waals surface area contributed by atoms with Gasteiger partial charge in [-0.25, -0.2) is 9.97 Å². The van der Waals surface area contributed by atoms with Crippen molar-refractivity contribution in [1.82, 2.24) is 19.4 Å². The molecule has 106 valence electrons. The number of amides is 1. The van der Waals surface area contributed by atoms with Crippen molar-refractivity contribution in [2.45, 2.75) is 25.3 Å². The molecule has 0 N–H and O–H groups in total. The molecule has 0 saturated carbocycles. The van der Waals surface area contributed by atoms with E-state index >= 15 is 0 Å².